The molecule has 1 spiro atoms. The normalized spacial score (nSPS) is 13.4. The van der Waals surface area contributed by atoms with Gasteiger partial charge < -0.3 is 0 Å². The van der Waals surface area contributed by atoms with Crippen LogP contribution in [0.15, 0.2) is 182 Å². The molecule has 2 nitrogen and oxygen atoms in total. The van der Waals surface area contributed by atoms with Crippen molar-refractivity contribution in [2.45, 2.75) is 5.41 Å². The number of rotatable bonds is 3. The number of fused-ring (bicyclic) bond motifs is 10. The van der Waals surface area contributed by atoms with Gasteiger partial charge in [-0.2, -0.15) is 0 Å². The summed E-state index contributed by atoms with van der Waals surface area (Å²) < 4.78 is 2.28. The van der Waals surface area contributed by atoms with E-state index in [1.54, 1.807) is 0 Å². The summed E-state index contributed by atoms with van der Waals surface area (Å²) >= 11 is 0. The quantitative estimate of drug-likeness (QED) is 0.189. The molecule has 9 aromatic rings. The van der Waals surface area contributed by atoms with Crippen molar-refractivity contribution < 1.29 is 0 Å². The van der Waals surface area contributed by atoms with Gasteiger partial charge in [0.1, 0.15) is 5.82 Å². The maximum absolute atomic E-state index is 5.19. The number of hydrogen-bond acceptors (Lipinski definition) is 1. The van der Waals surface area contributed by atoms with Crippen LogP contribution in [0.4, 0.5) is 0 Å². The molecule has 1 heterocycles. The minimum atomic E-state index is -0.405. The molecular weight excluding hydrogens is 605 g/mol. The van der Waals surface area contributed by atoms with Gasteiger partial charge in [-0.25, -0.2) is 4.98 Å². The predicted octanol–water partition coefficient (Wildman–Crippen LogP) is 11.9. The van der Waals surface area contributed by atoms with Crippen LogP contribution in [0.1, 0.15) is 22.3 Å². The fraction of sp³-hybridized carbons (Fsp3) is 0.0208. The zero-order chi connectivity index (χ0) is 32.8. The van der Waals surface area contributed by atoms with E-state index in [0.717, 1.165) is 28.1 Å². The molecule has 0 radical (unpaired) electrons. The van der Waals surface area contributed by atoms with Crippen LogP contribution in [-0.2, 0) is 5.41 Å². The average Bonchev–Trinajstić information content (AvgIpc) is 3.72. The lowest BCUT2D eigenvalue weighted by Gasteiger charge is -2.40. The molecule has 0 unspecified atom stereocenters. The number of imidazole rings is 1. The first kappa shape index (κ1) is 27.4. The lowest BCUT2D eigenvalue weighted by molar-refractivity contribution is 0.773. The second-order valence-corrected chi connectivity index (χ2v) is 13.5. The molecule has 0 saturated carbocycles. The maximum Gasteiger partial charge on any atom is 0.145 e. The van der Waals surface area contributed by atoms with E-state index in [1.165, 1.54) is 66.4 Å². The third kappa shape index (κ3) is 3.55. The standard InChI is InChI=1S/C48H30N2/c1-2-16-33(17-3-1)50-45-27-11-10-26-44(45)49-47(50)32-15-12-14-31(30-32)34-28-29-39-37-20-6-9-24-42(37)48(43-25-13-21-38(34)46(39)43)40-22-7-4-18-35(40)36-19-5-8-23-41(36)48/h1-30H. The topological polar surface area (TPSA) is 17.8 Å². The Hall–Kier alpha value is -6.51. The fourth-order valence-electron chi connectivity index (χ4n) is 9.08. The van der Waals surface area contributed by atoms with Gasteiger partial charge in [-0.15, -0.1) is 0 Å². The van der Waals surface area contributed by atoms with Crippen molar-refractivity contribution in [3.8, 4) is 50.5 Å². The van der Waals surface area contributed by atoms with Gasteiger partial charge in [-0.05, 0) is 96.7 Å². The van der Waals surface area contributed by atoms with Crippen LogP contribution in [0.5, 0.6) is 0 Å². The second-order valence-electron chi connectivity index (χ2n) is 13.5. The highest BCUT2D eigenvalue weighted by atomic mass is 15.1. The number of aromatic nitrogens is 2. The maximum atomic E-state index is 5.19. The Morgan fingerprint density at radius 3 is 1.70 bits per heavy atom. The van der Waals surface area contributed by atoms with Crippen LogP contribution in [0.2, 0.25) is 0 Å². The van der Waals surface area contributed by atoms with Crippen molar-refractivity contribution in [1.29, 1.82) is 0 Å². The molecule has 11 rings (SSSR count). The zero-order valence-electron chi connectivity index (χ0n) is 27.2. The van der Waals surface area contributed by atoms with Crippen molar-refractivity contribution >= 4 is 21.8 Å². The van der Waals surface area contributed by atoms with Crippen molar-refractivity contribution in [3.63, 3.8) is 0 Å². The number of para-hydroxylation sites is 3. The molecule has 1 aromatic heterocycles. The molecule has 2 heteroatoms. The molecule has 0 bridgehead atoms. The predicted molar refractivity (Wildman–Crippen MR) is 206 cm³/mol. The van der Waals surface area contributed by atoms with Crippen LogP contribution in [0.3, 0.4) is 0 Å². The average molecular weight is 635 g/mol. The van der Waals surface area contributed by atoms with Gasteiger partial charge in [-0.1, -0.05) is 152 Å². The van der Waals surface area contributed by atoms with E-state index in [-0.39, 0.29) is 0 Å². The summed E-state index contributed by atoms with van der Waals surface area (Å²) in [6, 6.07) is 66.6. The number of nitrogens with zero attached hydrogens (tertiary/aromatic N) is 2. The van der Waals surface area contributed by atoms with E-state index in [2.05, 4.69) is 187 Å². The third-order valence-electron chi connectivity index (χ3n) is 11.0. The van der Waals surface area contributed by atoms with Crippen LogP contribution < -0.4 is 0 Å². The number of hydrogen-bond donors (Lipinski definition) is 0. The summed E-state index contributed by atoms with van der Waals surface area (Å²) in [6.07, 6.45) is 0. The molecule has 0 aliphatic heterocycles. The van der Waals surface area contributed by atoms with E-state index in [1.807, 2.05) is 0 Å². The Balaban J connectivity index is 1.18. The Morgan fingerprint density at radius 2 is 0.960 bits per heavy atom. The lowest BCUT2D eigenvalue weighted by atomic mass is 9.61. The highest BCUT2D eigenvalue weighted by molar-refractivity contribution is 6.11. The Kier molecular flexibility index (Phi) is 5.62. The molecular formula is C48H30N2. The Labute approximate surface area is 290 Å². The van der Waals surface area contributed by atoms with Gasteiger partial charge in [-0.3, -0.25) is 4.57 Å². The van der Waals surface area contributed by atoms with Gasteiger partial charge in [0.25, 0.3) is 0 Å². The fourth-order valence-corrected chi connectivity index (χ4v) is 9.08. The van der Waals surface area contributed by atoms with Crippen LogP contribution in [-0.4, -0.2) is 9.55 Å². The smallest absolute Gasteiger partial charge is 0.145 e. The summed E-state index contributed by atoms with van der Waals surface area (Å²) in [5, 5.41) is 2.60. The molecule has 0 N–H and O–H groups in total. The first-order valence-electron chi connectivity index (χ1n) is 17.3. The highest BCUT2D eigenvalue weighted by Gasteiger charge is 2.49. The minimum Gasteiger partial charge on any atom is -0.292 e. The summed E-state index contributed by atoms with van der Waals surface area (Å²) in [7, 11) is 0. The molecule has 0 atom stereocenters. The lowest BCUT2D eigenvalue weighted by Crippen LogP contribution is -2.31. The largest absolute Gasteiger partial charge is 0.292 e. The van der Waals surface area contributed by atoms with E-state index >= 15 is 0 Å². The van der Waals surface area contributed by atoms with E-state index < -0.39 is 5.41 Å². The molecule has 2 aliphatic carbocycles. The van der Waals surface area contributed by atoms with Gasteiger partial charge in [0.2, 0.25) is 0 Å². The highest BCUT2D eigenvalue weighted by Crippen LogP contribution is 2.62. The molecule has 0 amide bonds. The van der Waals surface area contributed by atoms with Gasteiger partial charge in [0.15, 0.2) is 0 Å². The van der Waals surface area contributed by atoms with Crippen LogP contribution in [0.25, 0.3) is 72.3 Å². The first-order valence-corrected chi connectivity index (χ1v) is 17.3. The van der Waals surface area contributed by atoms with Gasteiger partial charge in [0.05, 0.1) is 16.4 Å². The van der Waals surface area contributed by atoms with Crippen molar-refractivity contribution in [3.05, 3.63) is 204 Å². The van der Waals surface area contributed by atoms with Crippen molar-refractivity contribution in [2.75, 3.05) is 0 Å². The van der Waals surface area contributed by atoms with E-state index in [4.69, 9.17) is 4.98 Å². The summed E-state index contributed by atoms with van der Waals surface area (Å²) in [6.45, 7) is 0. The minimum absolute atomic E-state index is 0.405. The SMILES string of the molecule is c1ccc(-n2c(-c3cccc(-c4ccc5c6c(cccc46)C4(c6ccccc6-c6ccccc64)c4ccccc4-5)c3)nc3ccccc32)cc1. The van der Waals surface area contributed by atoms with Gasteiger partial charge >= 0.3 is 0 Å². The summed E-state index contributed by atoms with van der Waals surface area (Å²) in [4.78, 5) is 5.19. The van der Waals surface area contributed by atoms with Crippen molar-refractivity contribution in [1.82, 2.24) is 9.55 Å². The Morgan fingerprint density at radius 1 is 0.400 bits per heavy atom. The number of benzene rings is 8. The second kappa shape index (κ2) is 10.2. The molecule has 232 valence electrons. The van der Waals surface area contributed by atoms with Crippen molar-refractivity contribution in [2.24, 2.45) is 0 Å². The molecule has 0 saturated heterocycles. The van der Waals surface area contributed by atoms with E-state index in [9.17, 15) is 0 Å². The van der Waals surface area contributed by atoms with E-state index in [0.29, 0.717) is 0 Å². The molecule has 8 aromatic carbocycles. The molecule has 0 fully saturated rings. The van der Waals surface area contributed by atoms with Crippen LogP contribution >= 0.6 is 0 Å². The van der Waals surface area contributed by atoms with Gasteiger partial charge in [0, 0.05) is 11.3 Å². The molecule has 50 heavy (non-hydrogen) atoms. The monoisotopic (exact) mass is 634 g/mol. The zero-order valence-corrected chi connectivity index (χ0v) is 27.2. The van der Waals surface area contributed by atoms with Crippen LogP contribution in [0, 0.1) is 0 Å². The summed E-state index contributed by atoms with van der Waals surface area (Å²) in [5.74, 6) is 0.939. The molecule has 2 aliphatic rings. The first-order chi connectivity index (χ1) is 24.8. The summed E-state index contributed by atoms with van der Waals surface area (Å²) in [5.41, 5.74) is 16.9. The third-order valence-corrected chi connectivity index (χ3v) is 11.0. The Bertz CT molecular complexity index is 2780.